The molecule has 1 heterocycles. The first-order valence-electron chi connectivity index (χ1n) is 14.0. The predicted octanol–water partition coefficient (Wildman–Crippen LogP) is 4.14. The number of rotatable bonds is 6. The van der Waals surface area contributed by atoms with E-state index in [0.29, 0.717) is 47.8 Å². The van der Waals surface area contributed by atoms with Crippen LogP contribution in [-0.2, 0) is 9.59 Å². The van der Waals surface area contributed by atoms with Crippen LogP contribution < -0.4 is 5.32 Å². The molecule has 0 aromatic rings. The van der Waals surface area contributed by atoms with E-state index in [0.717, 1.165) is 51.6 Å². The molecule has 4 fully saturated rings. The molecule has 3 saturated carbocycles. The van der Waals surface area contributed by atoms with Gasteiger partial charge in [0.25, 0.3) is 0 Å². The highest BCUT2D eigenvalue weighted by Crippen LogP contribution is 2.66. The Morgan fingerprint density at radius 1 is 1.06 bits per heavy atom. The molecule has 1 N–H and O–H groups in total. The lowest BCUT2D eigenvalue weighted by Crippen LogP contribution is -2.61. The van der Waals surface area contributed by atoms with E-state index in [4.69, 9.17) is 12.2 Å². The van der Waals surface area contributed by atoms with Crippen molar-refractivity contribution in [1.29, 1.82) is 0 Å². The summed E-state index contributed by atoms with van der Waals surface area (Å²) in [5, 5.41) is 3.85. The Morgan fingerprint density at radius 3 is 2.46 bits per heavy atom. The van der Waals surface area contributed by atoms with Gasteiger partial charge in [0.2, 0.25) is 11.8 Å². The highest BCUT2D eigenvalue weighted by molar-refractivity contribution is 7.80. The summed E-state index contributed by atoms with van der Waals surface area (Å²) >= 11 is 5.69. The molecular weight excluding hydrogens is 456 g/mol. The average molecular weight is 505 g/mol. The van der Waals surface area contributed by atoms with Crippen molar-refractivity contribution in [2.75, 3.05) is 40.8 Å². The summed E-state index contributed by atoms with van der Waals surface area (Å²) in [5.41, 5.74) is 0.277. The second kappa shape index (κ2) is 10.3. The van der Waals surface area contributed by atoms with Gasteiger partial charge in [-0.1, -0.05) is 13.8 Å². The highest BCUT2D eigenvalue weighted by atomic mass is 32.1. The zero-order chi connectivity index (χ0) is 25.5. The number of amides is 2. The van der Waals surface area contributed by atoms with Crippen molar-refractivity contribution in [3.05, 3.63) is 0 Å². The molecular formula is C28H48N4O2S. The minimum Gasteiger partial charge on any atom is -0.362 e. The number of nitrogens with zero attached hydrogens (tertiary/aromatic N) is 3. The van der Waals surface area contributed by atoms with Crippen molar-refractivity contribution >= 4 is 29.1 Å². The number of carbonyl (C=O) groups is 2. The summed E-state index contributed by atoms with van der Waals surface area (Å²) in [5.74, 6) is 2.59. The summed E-state index contributed by atoms with van der Waals surface area (Å²) in [7, 11) is 6.18. The molecule has 1 saturated heterocycles. The average Bonchev–Trinajstić information content (AvgIpc) is 3.16. The first kappa shape index (κ1) is 26.8. The van der Waals surface area contributed by atoms with E-state index in [-0.39, 0.29) is 22.7 Å². The fourth-order valence-electron chi connectivity index (χ4n) is 8.85. The minimum absolute atomic E-state index is 0.0550. The Bertz CT molecular complexity index is 834. The van der Waals surface area contributed by atoms with Gasteiger partial charge in [0.1, 0.15) is 0 Å². The Balaban J connectivity index is 1.52. The number of carbonyl (C=O) groups excluding carboxylic acids is 2. The number of thiocarbonyl (C=S) groups is 1. The van der Waals surface area contributed by atoms with Crippen LogP contribution in [0.2, 0.25) is 0 Å². The van der Waals surface area contributed by atoms with Crippen molar-refractivity contribution in [2.24, 2.45) is 34.5 Å². The smallest absolute Gasteiger partial charge is 0.232 e. The van der Waals surface area contributed by atoms with E-state index in [1.807, 2.05) is 18.9 Å². The van der Waals surface area contributed by atoms with E-state index in [9.17, 15) is 9.59 Å². The molecule has 0 aromatic heterocycles. The highest BCUT2D eigenvalue weighted by Gasteiger charge is 2.62. The largest absolute Gasteiger partial charge is 0.362 e. The molecule has 7 heteroatoms. The van der Waals surface area contributed by atoms with Gasteiger partial charge in [0.05, 0.1) is 0 Å². The van der Waals surface area contributed by atoms with E-state index in [1.165, 1.54) is 12.8 Å². The fourth-order valence-corrected chi connectivity index (χ4v) is 9.17. The lowest BCUT2D eigenvalue weighted by Gasteiger charge is -2.61. The van der Waals surface area contributed by atoms with Gasteiger partial charge < -0.3 is 15.1 Å². The Morgan fingerprint density at radius 2 is 1.77 bits per heavy atom. The molecule has 1 aliphatic heterocycles. The SMILES string of the molecule is CCNC(=S)N(CCCN(C)C)C(=O)C1CC[C@H]2[C@@H]3CCC4N(C)C(=O)CC[C@]4(C)[C@@H]3CC[C@]12C. The zero-order valence-corrected chi connectivity index (χ0v) is 23.8. The van der Waals surface area contributed by atoms with Gasteiger partial charge >= 0.3 is 0 Å². The number of hydrogen-bond donors (Lipinski definition) is 1. The molecule has 0 radical (unpaired) electrons. The molecule has 0 bridgehead atoms. The summed E-state index contributed by atoms with van der Waals surface area (Å²) in [6.07, 6.45) is 9.42. The number of nitrogens with one attached hydrogen (secondary N) is 1. The van der Waals surface area contributed by atoms with Crippen LogP contribution in [0.1, 0.15) is 78.6 Å². The molecule has 198 valence electrons. The van der Waals surface area contributed by atoms with Crippen LogP contribution in [0.4, 0.5) is 0 Å². The number of piperidine rings is 1. The van der Waals surface area contributed by atoms with Gasteiger partial charge in [-0.3, -0.25) is 14.5 Å². The molecule has 6 nitrogen and oxygen atoms in total. The second-order valence-corrected chi connectivity index (χ2v) is 13.0. The lowest BCUT2D eigenvalue weighted by atomic mass is 9.47. The summed E-state index contributed by atoms with van der Waals surface area (Å²) in [6, 6.07) is 0.387. The fraction of sp³-hybridized carbons (Fsp3) is 0.893. The number of hydrogen-bond acceptors (Lipinski definition) is 4. The van der Waals surface area contributed by atoms with E-state index in [1.54, 1.807) is 0 Å². The molecule has 0 aromatic carbocycles. The standard InChI is InChI=1S/C28H48N4O2S/c1-7-29-26(35)32(18-8-17-30(4)5)25(34)22-11-10-20-19-9-12-23-28(3,16-14-24(33)31(23)6)21(19)13-15-27(20,22)2/h19-23H,7-18H2,1-6H3,(H,29,35)/t19-,20-,21+,22?,23?,27-,28+/m0/s1. The van der Waals surface area contributed by atoms with Gasteiger partial charge in [-0.2, -0.15) is 0 Å². The van der Waals surface area contributed by atoms with Gasteiger partial charge in [0.15, 0.2) is 5.11 Å². The van der Waals surface area contributed by atoms with Crippen molar-refractivity contribution in [3.8, 4) is 0 Å². The van der Waals surface area contributed by atoms with Crippen LogP contribution in [0.15, 0.2) is 0 Å². The van der Waals surface area contributed by atoms with Crippen molar-refractivity contribution < 1.29 is 9.59 Å². The molecule has 4 rings (SSSR count). The maximum absolute atomic E-state index is 14.1. The number of fused-ring (bicyclic) bond motifs is 5. The first-order chi connectivity index (χ1) is 16.5. The van der Waals surface area contributed by atoms with Crippen molar-refractivity contribution in [1.82, 2.24) is 20.0 Å². The molecule has 3 aliphatic carbocycles. The second-order valence-electron chi connectivity index (χ2n) is 12.6. The first-order valence-corrected chi connectivity index (χ1v) is 14.4. The Kier molecular flexibility index (Phi) is 7.88. The molecule has 0 spiro atoms. The van der Waals surface area contributed by atoms with E-state index < -0.39 is 0 Å². The minimum atomic E-state index is 0.0550. The quantitative estimate of drug-likeness (QED) is 0.551. The lowest BCUT2D eigenvalue weighted by molar-refractivity contribution is -0.160. The Labute approximate surface area is 218 Å². The van der Waals surface area contributed by atoms with Crippen molar-refractivity contribution in [2.45, 2.75) is 84.6 Å². The van der Waals surface area contributed by atoms with Gasteiger partial charge in [0, 0.05) is 38.5 Å². The summed E-state index contributed by atoms with van der Waals surface area (Å²) < 4.78 is 0. The van der Waals surface area contributed by atoms with Crippen LogP contribution >= 0.6 is 12.2 Å². The van der Waals surface area contributed by atoms with Crippen LogP contribution in [0.3, 0.4) is 0 Å². The van der Waals surface area contributed by atoms with Gasteiger partial charge in [-0.05, 0) is 120 Å². The van der Waals surface area contributed by atoms with Gasteiger partial charge in [-0.15, -0.1) is 0 Å². The van der Waals surface area contributed by atoms with E-state index >= 15 is 0 Å². The monoisotopic (exact) mass is 504 g/mol. The normalized spacial score (nSPS) is 38.5. The Hall–Kier alpha value is -1.21. The molecule has 2 amide bonds. The zero-order valence-electron chi connectivity index (χ0n) is 22.9. The third kappa shape index (κ3) is 4.65. The topological polar surface area (TPSA) is 55.9 Å². The van der Waals surface area contributed by atoms with Crippen LogP contribution in [0.25, 0.3) is 0 Å². The van der Waals surface area contributed by atoms with Crippen molar-refractivity contribution in [3.63, 3.8) is 0 Å². The molecule has 4 aliphatic rings. The third-order valence-electron chi connectivity index (χ3n) is 10.7. The number of likely N-dealkylation sites (tertiary alicyclic amines) is 1. The maximum atomic E-state index is 14.1. The third-order valence-corrected chi connectivity index (χ3v) is 11.0. The van der Waals surface area contributed by atoms with Crippen LogP contribution in [-0.4, -0.2) is 78.4 Å². The summed E-state index contributed by atoms with van der Waals surface area (Å²) in [6.45, 7) is 9.30. The molecule has 35 heavy (non-hydrogen) atoms. The van der Waals surface area contributed by atoms with E-state index in [2.05, 4.69) is 43.1 Å². The van der Waals surface area contributed by atoms with Crippen LogP contribution in [0, 0.1) is 34.5 Å². The molecule has 2 unspecified atom stereocenters. The summed E-state index contributed by atoms with van der Waals surface area (Å²) in [4.78, 5) is 32.6. The van der Waals surface area contributed by atoms with Gasteiger partial charge in [-0.25, -0.2) is 0 Å². The van der Waals surface area contributed by atoms with Crippen LogP contribution in [0.5, 0.6) is 0 Å². The molecule has 7 atom stereocenters. The maximum Gasteiger partial charge on any atom is 0.232 e. The predicted molar refractivity (Wildman–Crippen MR) is 145 cm³/mol.